The SMILES string of the molecule is CN(Cc1cccc(NC(=O)CC(N)c2ccccc2)c1)C(=O)C(F)(F)F. The summed E-state index contributed by atoms with van der Waals surface area (Å²) in [6, 6.07) is 15.0. The Morgan fingerprint density at radius 1 is 1.11 bits per heavy atom. The first-order chi connectivity index (χ1) is 12.7. The topological polar surface area (TPSA) is 75.4 Å². The lowest BCUT2D eigenvalue weighted by Gasteiger charge is -2.19. The summed E-state index contributed by atoms with van der Waals surface area (Å²) >= 11 is 0. The summed E-state index contributed by atoms with van der Waals surface area (Å²) in [5, 5.41) is 2.67. The van der Waals surface area contributed by atoms with Gasteiger partial charge in [-0.1, -0.05) is 42.5 Å². The first-order valence-electron chi connectivity index (χ1n) is 8.18. The van der Waals surface area contributed by atoms with Gasteiger partial charge >= 0.3 is 12.1 Å². The standard InChI is InChI=1S/C19H20F3N3O2/c1-25(18(27)19(20,21)22)12-13-6-5-9-15(10-13)24-17(26)11-16(23)14-7-3-2-4-8-14/h2-10,16H,11-12,23H2,1H3,(H,24,26). The van der Waals surface area contributed by atoms with Crippen LogP contribution in [-0.4, -0.2) is 29.9 Å². The Hall–Kier alpha value is -2.87. The van der Waals surface area contributed by atoms with Crippen molar-refractivity contribution in [3.8, 4) is 0 Å². The third-order valence-electron chi connectivity index (χ3n) is 3.85. The van der Waals surface area contributed by atoms with E-state index in [2.05, 4.69) is 5.32 Å². The smallest absolute Gasteiger partial charge is 0.334 e. The van der Waals surface area contributed by atoms with Crippen molar-refractivity contribution in [1.29, 1.82) is 0 Å². The summed E-state index contributed by atoms with van der Waals surface area (Å²) in [5.41, 5.74) is 7.72. The van der Waals surface area contributed by atoms with Crippen molar-refractivity contribution >= 4 is 17.5 Å². The van der Waals surface area contributed by atoms with Gasteiger partial charge in [0.25, 0.3) is 0 Å². The van der Waals surface area contributed by atoms with E-state index >= 15 is 0 Å². The van der Waals surface area contributed by atoms with Crippen molar-refractivity contribution in [3.63, 3.8) is 0 Å². The number of nitrogens with one attached hydrogen (secondary N) is 1. The molecule has 2 aromatic rings. The van der Waals surface area contributed by atoms with E-state index in [-0.39, 0.29) is 18.9 Å². The lowest BCUT2D eigenvalue weighted by atomic mass is 10.0. The number of amides is 2. The van der Waals surface area contributed by atoms with Gasteiger partial charge in [0.1, 0.15) is 0 Å². The van der Waals surface area contributed by atoms with Crippen LogP contribution in [0.4, 0.5) is 18.9 Å². The van der Waals surface area contributed by atoms with Crippen LogP contribution >= 0.6 is 0 Å². The second kappa shape index (κ2) is 8.68. The van der Waals surface area contributed by atoms with Crippen molar-refractivity contribution in [3.05, 3.63) is 65.7 Å². The molecule has 0 aliphatic rings. The number of nitrogens with zero attached hydrogens (tertiary/aromatic N) is 1. The van der Waals surface area contributed by atoms with Gasteiger partial charge in [0, 0.05) is 31.7 Å². The van der Waals surface area contributed by atoms with E-state index in [0.717, 1.165) is 12.6 Å². The van der Waals surface area contributed by atoms with E-state index < -0.39 is 18.1 Å². The van der Waals surface area contributed by atoms with E-state index in [1.165, 1.54) is 6.07 Å². The van der Waals surface area contributed by atoms with Crippen LogP contribution in [-0.2, 0) is 16.1 Å². The molecule has 0 spiro atoms. The third kappa shape index (κ3) is 6.10. The molecule has 0 radical (unpaired) electrons. The molecule has 2 rings (SSSR count). The maximum atomic E-state index is 12.5. The summed E-state index contributed by atoms with van der Waals surface area (Å²) < 4.78 is 37.4. The molecular weight excluding hydrogens is 359 g/mol. The van der Waals surface area contributed by atoms with E-state index in [9.17, 15) is 22.8 Å². The highest BCUT2D eigenvalue weighted by atomic mass is 19.4. The highest BCUT2D eigenvalue weighted by molar-refractivity contribution is 5.91. The number of halogens is 3. The Morgan fingerprint density at radius 3 is 2.41 bits per heavy atom. The molecular formula is C19H20F3N3O2. The minimum absolute atomic E-state index is 0.0563. The molecule has 0 heterocycles. The van der Waals surface area contributed by atoms with Gasteiger partial charge in [-0.2, -0.15) is 13.2 Å². The number of anilines is 1. The van der Waals surface area contributed by atoms with Crippen LogP contribution in [0.15, 0.2) is 54.6 Å². The number of hydrogen-bond acceptors (Lipinski definition) is 3. The normalized spacial score (nSPS) is 12.3. The maximum absolute atomic E-state index is 12.5. The summed E-state index contributed by atoms with van der Waals surface area (Å²) in [6.07, 6.45) is -4.87. The Bertz CT molecular complexity index is 794. The highest BCUT2D eigenvalue weighted by Gasteiger charge is 2.41. The second-order valence-corrected chi connectivity index (χ2v) is 6.13. The van der Waals surface area contributed by atoms with Gasteiger partial charge in [0.15, 0.2) is 0 Å². The van der Waals surface area contributed by atoms with Crippen LogP contribution < -0.4 is 11.1 Å². The summed E-state index contributed by atoms with van der Waals surface area (Å²) in [5.74, 6) is -2.24. The van der Waals surface area contributed by atoms with Crippen molar-refractivity contribution < 1.29 is 22.8 Å². The molecule has 0 saturated heterocycles. The highest BCUT2D eigenvalue weighted by Crippen LogP contribution is 2.20. The summed E-state index contributed by atoms with van der Waals surface area (Å²) in [6.45, 7) is -0.231. The van der Waals surface area contributed by atoms with Crippen molar-refractivity contribution in [2.75, 3.05) is 12.4 Å². The quantitative estimate of drug-likeness (QED) is 0.809. The molecule has 0 saturated carbocycles. The van der Waals surface area contributed by atoms with Crippen molar-refractivity contribution in [2.45, 2.75) is 25.2 Å². The van der Waals surface area contributed by atoms with Crippen molar-refractivity contribution in [1.82, 2.24) is 4.90 Å². The molecule has 1 atom stereocenters. The average Bonchev–Trinajstić information content (AvgIpc) is 2.61. The number of hydrogen-bond donors (Lipinski definition) is 2. The molecule has 0 aliphatic carbocycles. The minimum atomic E-state index is -4.92. The van der Waals surface area contributed by atoms with Crippen LogP contribution in [0.3, 0.4) is 0 Å². The van der Waals surface area contributed by atoms with Crippen LogP contribution in [0.1, 0.15) is 23.6 Å². The predicted octanol–water partition coefficient (Wildman–Crippen LogP) is 3.24. The summed E-state index contributed by atoms with van der Waals surface area (Å²) in [4.78, 5) is 23.9. The molecule has 0 bridgehead atoms. The molecule has 2 aromatic carbocycles. The number of alkyl halides is 3. The molecule has 144 valence electrons. The van der Waals surface area contributed by atoms with Gasteiger partial charge in [-0.05, 0) is 23.3 Å². The lowest BCUT2D eigenvalue weighted by Crippen LogP contribution is -2.37. The second-order valence-electron chi connectivity index (χ2n) is 6.13. The molecule has 0 aromatic heterocycles. The van der Waals surface area contributed by atoms with Gasteiger partial charge in [-0.15, -0.1) is 0 Å². The van der Waals surface area contributed by atoms with Gasteiger partial charge < -0.3 is 16.0 Å². The van der Waals surface area contributed by atoms with Gasteiger partial charge in [0.2, 0.25) is 5.91 Å². The fourth-order valence-corrected chi connectivity index (χ4v) is 2.54. The van der Waals surface area contributed by atoms with Gasteiger partial charge in [-0.3, -0.25) is 9.59 Å². The number of rotatable bonds is 6. The molecule has 8 heteroatoms. The summed E-state index contributed by atoms with van der Waals surface area (Å²) in [7, 11) is 1.07. The van der Waals surface area contributed by atoms with E-state index in [0.29, 0.717) is 16.2 Å². The van der Waals surface area contributed by atoms with Crippen molar-refractivity contribution in [2.24, 2.45) is 5.73 Å². The van der Waals surface area contributed by atoms with E-state index in [4.69, 9.17) is 5.73 Å². The Morgan fingerprint density at radius 2 is 1.78 bits per heavy atom. The van der Waals surface area contributed by atoms with E-state index in [1.807, 2.05) is 30.3 Å². The fourth-order valence-electron chi connectivity index (χ4n) is 2.54. The fraction of sp³-hybridized carbons (Fsp3) is 0.263. The molecule has 2 amide bonds. The third-order valence-corrected chi connectivity index (χ3v) is 3.85. The van der Waals surface area contributed by atoms with Crippen LogP contribution in [0, 0.1) is 0 Å². The first-order valence-corrected chi connectivity index (χ1v) is 8.18. The Balaban J connectivity index is 1.97. The number of carbonyl (C=O) groups excluding carboxylic acids is 2. The Labute approximate surface area is 155 Å². The minimum Gasteiger partial charge on any atom is -0.334 e. The predicted molar refractivity (Wildman–Crippen MR) is 95.6 cm³/mol. The average molecular weight is 379 g/mol. The molecule has 0 fully saturated rings. The molecule has 3 N–H and O–H groups in total. The largest absolute Gasteiger partial charge is 0.471 e. The Kier molecular flexibility index (Phi) is 6.57. The van der Waals surface area contributed by atoms with E-state index in [1.54, 1.807) is 18.2 Å². The molecule has 1 unspecified atom stereocenters. The maximum Gasteiger partial charge on any atom is 0.471 e. The van der Waals surface area contributed by atoms with Gasteiger partial charge in [-0.25, -0.2) is 0 Å². The van der Waals surface area contributed by atoms with Crippen LogP contribution in [0.2, 0.25) is 0 Å². The monoisotopic (exact) mass is 379 g/mol. The molecule has 5 nitrogen and oxygen atoms in total. The number of benzene rings is 2. The van der Waals surface area contributed by atoms with Crippen LogP contribution in [0.25, 0.3) is 0 Å². The first kappa shape index (κ1) is 20.4. The molecule has 0 aliphatic heterocycles. The zero-order valence-electron chi connectivity index (χ0n) is 14.7. The molecule has 27 heavy (non-hydrogen) atoms. The zero-order chi connectivity index (χ0) is 20.0. The number of nitrogens with two attached hydrogens (primary N) is 1. The zero-order valence-corrected chi connectivity index (χ0v) is 14.7. The number of carbonyl (C=O) groups is 2. The lowest BCUT2D eigenvalue weighted by molar-refractivity contribution is -0.184. The van der Waals surface area contributed by atoms with Crippen LogP contribution in [0.5, 0.6) is 0 Å². The van der Waals surface area contributed by atoms with Gasteiger partial charge in [0.05, 0.1) is 0 Å².